The fourth-order valence-electron chi connectivity index (χ4n) is 4.29. The number of nitrogens with zero attached hydrogens (tertiary/aromatic N) is 1. The van der Waals surface area contributed by atoms with Crippen LogP contribution in [0.3, 0.4) is 0 Å². The number of hydrogen-bond donors (Lipinski definition) is 1. The number of allylic oxidation sites excluding steroid dienone is 2. The molecule has 5 nitrogen and oxygen atoms in total. The van der Waals surface area contributed by atoms with E-state index in [2.05, 4.69) is 17.4 Å². The van der Waals surface area contributed by atoms with Crippen molar-refractivity contribution in [2.75, 3.05) is 6.54 Å². The average Bonchev–Trinajstić information content (AvgIpc) is 3.03. The quantitative estimate of drug-likeness (QED) is 0.589. The molecule has 0 spiro atoms. The third-order valence-electron chi connectivity index (χ3n) is 6.06. The number of hydrogen-bond acceptors (Lipinski definition) is 3. The highest BCUT2D eigenvalue weighted by Gasteiger charge is 2.46. The summed E-state index contributed by atoms with van der Waals surface area (Å²) in [5.74, 6) is -0.915. The first kappa shape index (κ1) is 20.1. The summed E-state index contributed by atoms with van der Waals surface area (Å²) in [6, 6.07) is 18.1. The topological polar surface area (TPSA) is 66.5 Å². The van der Waals surface area contributed by atoms with Crippen molar-refractivity contribution >= 4 is 17.7 Å². The Morgan fingerprint density at radius 1 is 0.933 bits per heavy atom. The maximum atomic E-state index is 12.5. The van der Waals surface area contributed by atoms with Crippen LogP contribution in [0.15, 0.2) is 66.7 Å². The summed E-state index contributed by atoms with van der Waals surface area (Å²) in [5.41, 5.74) is 3.28. The molecule has 0 aromatic heterocycles. The van der Waals surface area contributed by atoms with Gasteiger partial charge in [0, 0.05) is 13.0 Å². The van der Waals surface area contributed by atoms with Gasteiger partial charge in [-0.25, -0.2) is 0 Å². The van der Waals surface area contributed by atoms with Gasteiger partial charge in [-0.15, -0.1) is 0 Å². The van der Waals surface area contributed by atoms with Gasteiger partial charge in [-0.1, -0.05) is 66.7 Å². The molecule has 30 heavy (non-hydrogen) atoms. The number of nitrogens with one attached hydrogen (secondary N) is 1. The fraction of sp³-hybridized carbons (Fsp3) is 0.320. The third-order valence-corrected chi connectivity index (χ3v) is 6.06. The Hall–Kier alpha value is -3.21. The van der Waals surface area contributed by atoms with E-state index in [4.69, 9.17) is 0 Å². The molecule has 3 atom stereocenters. The number of rotatable bonds is 6. The van der Waals surface area contributed by atoms with E-state index in [-0.39, 0.29) is 48.6 Å². The smallest absolute Gasteiger partial charge is 0.233 e. The highest BCUT2D eigenvalue weighted by molar-refractivity contribution is 6.05. The number of benzene rings is 2. The predicted molar refractivity (Wildman–Crippen MR) is 115 cm³/mol. The van der Waals surface area contributed by atoms with Gasteiger partial charge in [0.15, 0.2) is 0 Å². The van der Waals surface area contributed by atoms with Gasteiger partial charge < -0.3 is 5.32 Å². The van der Waals surface area contributed by atoms with Crippen molar-refractivity contribution < 1.29 is 14.4 Å². The standard InChI is InChI=1S/C25H26N2O3/c1-17(18-11-13-20(14-12-18)19-7-3-2-4-8-19)26-23(28)15-16-27-24(29)21-9-5-6-10-22(21)25(27)30/h2-8,11-14,17,21-22H,9-10,15-16H2,1H3,(H,26,28). The lowest BCUT2D eigenvalue weighted by molar-refractivity contribution is -0.140. The van der Waals surface area contributed by atoms with Crippen LogP contribution in [0.5, 0.6) is 0 Å². The normalized spacial score (nSPS) is 21.4. The van der Waals surface area contributed by atoms with E-state index in [9.17, 15) is 14.4 Å². The molecule has 3 amide bonds. The first-order valence-electron chi connectivity index (χ1n) is 10.5. The van der Waals surface area contributed by atoms with Crippen LogP contribution >= 0.6 is 0 Å². The van der Waals surface area contributed by atoms with Crippen LogP contribution in [-0.4, -0.2) is 29.2 Å². The van der Waals surface area contributed by atoms with E-state index in [1.807, 2.05) is 61.5 Å². The number of amides is 3. The SMILES string of the molecule is CC(NC(=O)CCN1C(=O)C2CC=CCC2C1=O)c1ccc(-c2ccccc2)cc1. The van der Waals surface area contributed by atoms with Crippen LogP contribution < -0.4 is 5.32 Å². The summed E-state index contributed by atoms with van der Waals surface area (Å²) in [6.45, 7) is 2.08. The minimum atomic E-state index is -0.243. The second-order valence-corrected chi connectivity index (χ2v) is 8.01. The largest absolute Gasteiger partial charge is 0.350 e. The maximum absolute atomic E-state index is 12.5. The minimum absolute atomic E-state index is 0.122. The van der Waals surface area contributed by atoms with Gasteiger partial charge >= 0.3 is 0 Å². The van der Waals surface area contributed by atoms with Gasteiger partial charge in [0.05, 0.1) is 17.9 Å². The first-order valence-corrected chi connectivity index (χ1v) is 10.5. The lowest BCUT2D eigenvalue weighted by Gasteiger charge is -2.17. The van der Waals surface area contributed by atoms with Crippen LogP contribution in [-0.2, 0) is 14.4 Å². The molecule has 5 heteroatoms. The molecule has 1 fully saturated rings. The Morgan fingerprint density at radius 2 is 1.50 bits per heavy atom. The number of carbonyl (C=O) groups is 3. The van der Waals surface area contributed by atoms with Gasteiger partial charge in [0.2, 0.25) is 17.7 Å². The predicted octanol–water partition coefficient (Wildman–Crippen LogP) is 3.87. The minimum Gasteiger partial charge on any atom is -0.350 e. The van der Waals surface area contributed by atoms with Crippen LogP contribution in [0.25, 0.3) is 11.1 Å². The Balaban J connectivity index is 1.31. The number of fused-ring (bicyclic) bond motifs is 1. The zero-order chi connectivity index (χ0) is 21.1. The van der Waals surface area contributed by atoms with Crippen LogP contribution in [0, 0.1) is 11.8 Å². The molecule has 4 rings (SSSR count). The molecule has 1 aliphatic heterocycles. The summed E-state index contributed by atoms with van der Waals surface area (Å²) in [4.78, 5) is 38.7. The average molecular weight is 402 g/mol. The molecule has 1 N–H and O–H groups in total. The molecule has 2 aromatic carbocycles. The molecule has 3 unspecified atom stereocenters. The molecule has 1 aliphatic carbocycles. The molecular formula is C25H26N2O3. The van der Waals surface area contributed by atoms with Crippen LogP contribution in [0.1, 0.15) is 37.8 Å². The summed E-state index contributed by atoms with van der Waals surface area (Å²) < 4.78 is 0. The molecule has 0 bridgehead atoms. The summed E-state index contributed by atoms with van der Waals surface area (Å²) in [6.07, 6.45) is 5.29. The molecule has 2 aliphatic rings. The van der Waals surface area contributed by atoms with E-state index in [0.29, 0.717) is 12.8 Å². The van der Waals surface area contributed by atoms with Crippen molar-refractivity contribution in [1.29, 1.82) is 0 Å². The lowest BCUT2D eigenvalue weighted by atomic mass is 9.85. The lowest BCUT2D eigenvalue weighted by Crippen LogP contribution is -2.36. The Kier molecular flexibility index (Phi) is 5.79. The number of imide groups is 1. The number of likely N-dealkylation sites (tertiary alicyclic amines) is 1. The van der Waals surface area contributed by atoms with Gasteiger partial charge in [0.25, 0.3) is 0 Å². The fourth-order valence-corrected chi connectivity index (χ4v) is 4.29. The summed E-state index contributed by atoms with van der Waals surface area (Å²) >= 11 is 0. The zero-order valence-electron chi connectivity index (χ0n) is 17.1. The number of carbonyl (C=O) groups excluding carboxylic acids is 3. The maximum Gasteiger partial charge on any atom is 0.233 e. The van der Waals surface area contributed by atoms with Crippen molar-refractivity contribution in [3.8, 4) is 11.1 Å². The van der Waals surface area contributed by atoms with E-state index < -0.39 is 0 Å². The second kappa shape index (κ2) is 8.66. The van der Waals surface area contributed by atoms with E-state index >= 15 is 0 Å². The van der Waals surface area contributed by atoms with E-state index in [1.165, 1.54) is 4.90 Å². The van der Waals surface area contributed by atoms with E-state index in [0.717, 1.165) is 16.7 Å². The first-order chi connectivity index (χ1) is 14.5. The van der Waals surface area contributed by atoms with E-state index in [1.54, 1.807) is 0 Å². The van der Waals surface area contributed by atoms with Crippen molar-refractivity contribution in [1.82, 2.24) is 10.2 Å². The highest BCUT2D eigenvalue weighted by Crippen LogP contribution is 2.35. The van der Waals surface area contributed by atoms with Crippen molar-refractivity contribution in [2.45, 2.75) is 32.2 Å². The van der Waals surface area contributed by atoms with Gasteiger partial charge in [-0.05, 0) is 36.5 Å². The molecule has 1 saturated heterocycles. The molecular weight excluding hydrogens is 376 g/mol. The van der Waals surface area contributed by atoms with Gasteiger partial charge in [-0.2, -0.15) is 0 Å². The third kappa shape index (κ3) is 4.06. The van der Waals surface area contributed by atoms with Gasteiger partial charge in [-0.3, -0.25) is 19.3 Å². The van der Waals surface area contributed by atoms with Crippen molar-refractivity contribution in [3.63, 3.8) is 0 Å². The molecule has 0 radical (unpaired) electrons. The summed E-state index contributed by atoms with van der Waals surface area (Å²) in [5, 5.41) is 2.97. The summed E-state index contributed by atoms with van der Waals surface area (Å²) in [7, 11) is 0. The molecule has 1 heterocycles. The van der Waals surface area contributed by atoms with Crippen molar-refractivity contribution in [2.24, 2.45) is 11.8 Å². The molecule has 154 valence electrons. The monoisotopic (exact) mass is 402 g/mol. The Labute approximate surface area is 176 Å². The second-order valence-electron chi connectivity index (χ2n) is 8.01. The zero-order valence-corrected chi connectivity index (χ0v) is 17.1. The van der Waals surface area contributed by atoms with Crippen LogP contribution in [0.4, 0.5) is 0 Å². The van der Waals surface area contributed by atoms with Crippen molar-refractivity contribution in [3.05, 3.63) is 72.3 Å². The van der Waals surface area contributed by atoms with Crippen LogP contribution in [0.2, 0.25) is 0 Å². The molecule has 0 saturated carbocycles. The Morgan fingerprint density at radius 3 is 2.10 bits per heavy atom. The molecule has 2 aromatic rings. The van der Waals surface area contributed by atoms with Gasteiger partial charge in [0.1, 0.15) is 0 Å². The highest BCUT2D eigenvalue weighted by atomic mass is 16.2. The Bertz CT molecular complexity index is 940.